The summed E-state index contributed by atoms with van der Waals surface area (Å²) >= 11 is 0. The summed E-state index contributed by atoms with van der Waals surface area (Å²) in [5.74, 6) is 1.55. The van der Waals surface area contributed by atoms with E-state index in [1.807, 2.05) is 12.1 Å². The fraction of sp³-hybridized carbons (Fsp3) is 0.643. The Balaban J connectivity index is 2.02. The van der Waals surface area contributed by atoms with Gasteiger partial charge >= 0.3 is 0 Å². The highest BCUT2D eigenvalue weighted by Gasteiger charge is 2.22. The molecule has 0 aromatic carbocycles. The molecule has 0 spiro atoms. The van der Waals surface area contributed by atoms with Crippen molar-refractivity contribution in [1.29, 1.82) is 0 Å². The van der Waals surface area contributed by atoms with E-state index < -0.39 is 0 Å². The van der Waals surface area contributed by atoms with Crippen molar-refractivity contribution in [2.24, 2.45) is 5.92 Å². The lowest BCUT2D eigenvalue weighted by molar-refractivity contribution is 0.274. The van der Waals surface area contributed by atoms with Crippen LogP contribution in [0.15, 0.2) is 18.2 Å². The third-order valence-corrected chi connectivity index (χ3v) is 3.83. The topological polar surface area (TPSA) is 33.1 Å². The van der Waals surface area contributed by atoms with Crippen LogP contribution >= 0.6 is 0 Å². The van der Waals surface area contributed by atoms with Gasteiger partial charge in [-0.1, -0.05) is 19.4 Å². The van der Waals surface area contributed by atoms with Gasteiger partial charge in [-0.25, -0.2) is 0 Å². The quantitative estimate of drug-likeness (QED) is 0.846. The minimum absolute atomic E-state index is 0.0537. The van der Waals surface area contributed by atoms with E-state index in [9.17, 15) is 0 Å². The van der Waals surface area contributed by atoms with E-state index in [0.29, 0.717) is 5.92 Å². The van der Waals surface area contributed by atoms with Crippen molar-refractivity contribution in [3.8, 4) is 0 Å². The molecule has 1 fully saturated rings. The fourth-order valence-electron chi connectivity index (χ4n) is 2.68. The van der Waals surface area contributed by atoms with E-state index in [4.69, 9.17) is 5.11 Å². The molecule has 1 aliphatic carbocycles. The van der Waals surface area contributed by atoms with Crippen LogP contribution in [0.25, 0.3) is 0 Å². The summed E-state index contributed by atoms with van der Waals surface area (Å²) in [6.45, 7) is 2.34. The summed E-state index contributed by atoms with van der Waals surface area (Å²) in [6, 6.07) is 6.01. The summed E-state index contributed by atoms with van der Waals surface area (Å²) in [5, 5.41) is 9.08. The monoisotopic (exact) mass is 219 g/mol. The lowest BCUT2D eigenvalue weighted by Crippen LogP contribution is -2.14. The van der Waals surface area contributed by atoms with Crippen LogP contribution in [0.1, 0.15) is 56.3 Å². The van der Waals surface area contributed by atoms with Gasteiger partial charge in [0.15, 0.2) is 0 Å². The molecule has 1 aromatic heterocycles. The fourth-order valence-corrected chi connectivity index (χ4v) is 2.68. The zero-order chi connectivity index (χ0) is 11.4. The molecule has 1 aliphatic rings. The molecule has 1 saturated carbocycles. The van der Waals surface area contributed by atoms with Gasteiger partial charge in [0.05, 0.1) is 12.3 Å². The Labute approximate surface area is 97.7 Å². The van der Waals surface area contributed by atoms with E-state index in [1.165, 1.54) is 37.8 Å². The van der Waals surface area contributed by atoms with Gasteiger partial charge in [0, 0.05) is 11.6 Å². The van der Waals surface area contributed by atoms with Crippen molar-refractivity contribution in [1.82, 2.24) is 4.98 Å². The highest BCUT2D eigenvalue weighted by Crippen LogP contribution is 2.36. The van der Waals surface area contributed by atoms with Gasteiger partial charge in [-0.05, 0) is 43.7 Å². The Bertz CT molecular complexity index is 329. The van der Waals surface area contributed by atoms with E-state index in [1.54, 1.807) is 0 Å². The molecule has 2 rings (SSSR count). The Morgan fingerprint density at radius 1 is 1.25 bits per heavy atom. The molecular formula is C14H21NO. The van der Waals surface area contributed by atoms with E-state index in [2.05, 4.69) is 18.0 Å². The average Bonchev–Trinajstić information content (AvgIpc) is 2.39. The van der Waals surface area contributed by atoms with E-state index >= 15 is 0 Å². The minimum atomic E-state index is 0.0537. The SMILES string of the molecule is CCC1CCC(c2cccc(CO)n2)CC1. The number of aliphatic hydroxyl groups excluding tert-OH is 1. The molecule has 16 heavy (non-hydrogen) atoms. The molecule has 0 unspecified atom stereocenters. The molecule has 2 heteroatoms. The zero-order valence-corrected chi connectivity index (χ0v) is 10.0. The van der Waals surface area contributed by atoms with Crippen LogP contribution < -0.4 is 0 Å². The van der Waals surface area contributed by atoms with Gasteiger partial charge in [-0.2, -0.15) is 0 Å². The normalized spacial score (nSPS) is 25.6. The predicted octanol–water partition coefficient (Wildman–Crippen LogP) is 3.26. The van der Waals surface area contributed by atoms with Crippen LogP contribution in [-0.2, 0) is 6.61 Å². The Morgan fingerprint density at radius 3 is 2.62 bits per heavy atom. The molecule has 0 atom stereocenters. The summed E-state index contributed by atoms with van der Waals surface area (Å²) in [5.41, 5.74) is 1.98. The molecule has 1 N–H and O–H groups in total. The third-order valence-electron chi connectivity index (χ3n) is 3.83. The highest BCUT2D eigenvalue weighted by molar-refractivity contribution is 5.15. The molecule has 0 aliphatic heterocycles. The first-order valence-corrected chi connectivity index (χ1v) is 6.40. The van der Waals surface area contributed by atoms with Gasteiger partial charge in [0.25, 0.3) is 0 Å². The molecule has 0 bridgehead atoms. The molecular weight excluding hydrogens is 198 g/mol. The largest absolute Gasteiger partial charge is 0.390 e. The van der Waals surface area contributed by atoms with Gasteiger partial charge in [0.1, 0.15) is 0 Å². The van der Waals surface area contributed by atoms with Gasteiger partial charge in [0.2, 0.25) is 0 Å². The standard InChI is InChI=1S/C14H21NO/c1-2-11-6-8-12(9-7-11)14-5-3-4-13(10-16)15-14/h3-5,11-12,16H,2,6-10H2,1H3. The minimum Gasteiger partial charge on any atom is -0.390 e. The zero-order valence-electron chi connectivity index (χ0n) is 10.0. The van der Waals surface area contributed by atoms with Gasteiger partial charge in [-0.3, -0.25) is 4.98 Å². The lowest BCUT2D eigenvalue weighted by Gasteiger charge is -2.27. The van der Waals surface area contributed by atoms with Crippen LogP contribution in [0.3, 0.4) is 0 Å². The number of hydrogen-bond acceptors (Lipinski definition) is 2. The molecule has 1 aromatic rings. The molecule has 0 amide bonds. The lowest BCUT2D eigenvalue weighted by atomic mass is 9.79. The first kappa shape index (κ1) is 11.6. The summed E-state index contributed by atoms with van der Waals surface area (Å²) in [7, 11) is 0. The summed E-state index contributed by atoms with van der Waals surface area (Å²) < 4.78 is 0. The Hall–Kier alpha value is -0.890. The average molecular weight is 219 g/mol. The van der Waals surface area contributed by atoms with E-state index in [0.717, 1.165) is 11.6 Å². The number of rotatable bonds is 3. The van der Waals surface area contributed by atoms with Crippen molar-refractivity contribution in [3.63, 3.8) is 0 Å². The third kappa shape index (κ3) is 2.62. The van der Waals surface area contributed by atoms with Crippen LogP contribution in [-0.4, -0.2) is 10.1 Å². The van der Waals surface area contributed by atoms with Crippen molar-refractivity contribution >= 4 is 0 Å². The van der Waals surface area contributed by atoms with Crippen molar-refractivity contribution in [2.45, 2.75) is 51.6 Å². The van der Waals surface area contributed by atoms with Crippen molar-refractivity contribution in [3.05, 3.63) is 29.6 Å². The molecule has 0 radical (unpaired) electrons. The first-order chi connectivity index (χ1) is 7.83. The maximum atomic E-state index is 9.08. The van der Waals surface area contributed by atoms with Crippen LogP contribution in [0, 0.1) is 5.92 Å². The number of hydrogen-bond donors (Lipinski definition) is 1. The van der Waals surface area contributed by atoms with E-state index in [-0.39, 0.29) is 6.61 Å². The maximum Gasteiger partial charge on any atom is 0.0853 e. The molecule has 0 saturated heterocycles. The maximum absolute atomic E-state index is 9.08. The number of pyridine rings is 1. The number of nitrogens with zero attached hydrogens (tertiary/aromatic N) is 1. The second kappa shape index (κ2) is 5.44. The summed E-state index contributed by atoms with van der Waals surface area (Å²) in [4.78, 5) is 4.52. The smallest absolute Gasteiger partial charge is 0.0853 e. The summed E-state index contributed by atoms with van der Waals surface area (Å²) in [6.07, 6.45) is 6.52. The second-order valence-electron chi connectivity index (χ2n) is 4.84. The molecule has 88 valence electrons. The Morgan fingerprint density at radius 2 is 2.00 bits per heavy atom. The second-order valence-corrected chi connectivity index (χ2v) is 4.84. The Kier molecular flexibility index (Phi) is 3.94. The van der Waals surface area contributed by atoms with Gasteiger partial charge < -0.3 is 5.11 Å². The van der Waals surface area contributed by atoms with Crippen LogP contribution in [0.5, 0.6) is 0 Å². The van der Waals surface area contributed by atoms with Gasteiger partial charge in [-0.15, -0.1) is 0 Å². The molecule has 1 heterocycles. The number of aliphatic hydroxyl groups is 1. The van der Waals surface area contributed by atoms with Crippen LogP contribution in [0.2, 0.25) is 0 Å². The molecule has 2 nitrogen and oxygen atoms in total. The first-order valence-electron chi connectivity index (χ1n) is 6.40. The highest BCUT2D eigenvalue weighted by atomic mass is 16.3. The van der Waals surface area contributed by atoms with Crippen LogP contribution in [0.4, 0.5) is 0 Å². The van der Waals surface area contributed by atoms with Crippen molar-refractivity contribution in [2.75, 3.05) is 0 Å². The number of aromatic nitrogens is 1. The van der Waals surface area contributed by atoms with Crippen molar-refractivity contribution < 1.29 is 5.11 Å². The predicted molar refractivity (Wildman–Crippen MR) is 65.1 cm³/mol.